The number of nitrogens with one attached hydrogen (secondary N) is 1. The number of amides is 2. The summed E-state index contributed by atoms with van der Waals surface area (Å²) in [6.07, 6.45) is 0.463. The summed E-state index contributed by atoms with van der Waals surface area (Å²) < 4.78 is 26.5. The van der Waals surface area contributed by atoms with E-state index < -0.39 is 6.04 Å². The number of carbonyl (C=O) groups is 2. The molecule has 0 bridgehead atoms. The van der Waals surface area contributed by atoms with Gasteiger partial charge in [0.15, 0.2) is 11.0 Å². The molecule has 0 saturated carbocycles. The van der Waals surface area contributed by atoms with Gasteiger partial charge in [0.1, 0.15) is 17.3 Å². The van der Waals surface area contributed by atoms with Gasteiger partial charge in [-0.1, -0.05) is 30.0 Å². The second-order valence-corrected chi connectivity index (χ2v) is 12.3. The second kappa shape index (κ2) is 14.6. The Hall–Kier alpha value is -5.01. The van der Waals surface area contributed by atoms with Crippen LogP contribution in [0.15, 0.2) is 101 Å². The lowest BCUT2D eigenvalue weighted by molar-refractivity contribution is -0.130. The number of benzene rings is 3. The lowest BCUT2D eigenvalue weighted by atomic mass is 9.98. The minimum atomic E-state index is -0.409. The van der Waals surface area contributed by atoms with Crippen molar-refractivity contribution in [3.05, 3.63) is 118 Å². The summed E-state index contributed by atoms with van der Waals surface area (Å²) in [5, 5.41) is 20.2. The number of halogens is 1. The summed E-state index contributed by atoms with van der Waals surface area (Å²) in [5.41, 5.74) is 3.13. The highest BCUT2D eigenvalue weighted by molar-refractivity contribution is 7.99. The number of methoxy groups -OCH3 is 1. The zero-order valence-corrected chi connectivity index (χ0v) is 27.3. The zero-order chi connectivity index (χ0) is 32.8. The van der Waals surface area contributed by atoms with Gasteiger partial charge in [0.2, 0.25) is 0 Å². The molecule has 3 aromatic carbocycles. The van der Waals surface area contributed by atoms with E-state index in [9.17, 15) is 14.0 Å². The predicted molar refractivity (Wildman–Crippen MR) is 179 cm³/mol. The maximum Gasteiger partial charge on any atom is 0.261 e. The Morgan fingerprint density at radius 1 is 1.00 bits per heavy atom. The van der Waals surface area contributed by atoms with E-state index in [0.717, 1.165) is 22.5 Å². The van der Waals surface area contributed by atoms with Crippen LogP contribution in [0.3, 0.4) is 0 Å². The molecule has 10 nitrogen and oxygen atoms in total. The second-order valence-electron chi connectivity index (χ2n) is 10.4. The highest BCUT2D eigenvalue weighted by Crippen LogP contribution is 2.34. The van der Waals surface area contributed by atoms with E-state index in [0.29, 0.717) is 40.4 Å². The van der Waals surface area contributed by atoms with Gasteiger partial charge in [-0.15, -0.1) is 21.5 Å². The molecule has 2 aromatic heterocycles. The molecule has 0 saturated heterocycles. The molecular formula is C34H31FN6O4S2. The summed E-state index contributed by atoms with van der Waals surface area (Å²) >= 11 is 2.57. The van der Waals surface area contributed by atoms with Crippen molar-refractivity contribution >= 4 is 40.6 Å². The normalized spacial score (nSPS) is 14.1. The lowest BCUT2D eigenvalue weighted by Gasteiger charge is -2.22. The Balaban J connectivity index is 1.25. The smallest absolute Gasteiger partial charge is 0.261 e. The fourth-order valence-electron chi connectivity index (χ4n) is 5.12. The first-order chi connectivity index (χ1) is 22.9. The van der Waals surface area contributed by atoms with Crippen molar-refractivity contribution in [2.75, 3.05) is 19.5 Å². The van der Waals surface area contributed by atoms with Gasteiger partial charge in [-0.3, -0.25) is 14.2 Å². The molecule has 47 heavy (non-hydrogen) atoms. The zero-order valence-electron chi connectivity index (χ0n) is 25.6. The third-order valence-corrected chi connectivity index (χ3v) is 9.21. The number of rotatable bonds is 12. The molecule has 1 atom stereocenters. The van der Waals surface area contributed by atoms with Gasteiger partial charge in [0.05, 0.1) is 42.6 Å². The van der Waals surface area contributed by atoms with Gasteiger partial charge in [-0.05, 0) is 90.2 Å². The number of hydrogen-bond donors (Lipinski definition) is 1. The molecule has 1 aliphatic heterocycles. The van der Waals surface area contributed by atoms with Gasteiger partial charge in [0, 0.05) is 12.1 Å². The molecule has 6 rings (SSSR count). The monoisotopic (exact) mass is 670 g/mol. The first-order valence-electron chi connectivity index (χ1n) is 14.8. The Labute approximate surface area is 279 Å². The molecule has 2 amide bonds. The van der Waals surface area contributed by atoms with Crippen molar-refractivity contribution < 1.29 is 23.5 Å². The summed E-state index contributed by atoms with van der Waals surface area (Å²) in [6, 6.07) is 24.2. The van der Waals surface area contributed by atoms with Crippen LogP contribution >= 0.6 is 23.1 Å². The topological polar surface area (TPSA) is 111 Å². The molecule has 0 radical (unpaired) electrons. The average Bonchev–Trinajstić information content (AvgIpc) is 3.88. The maximum absolute atomic E-state index is 13.8. The number of aromatic nitrogens is 3. The molecular weight excluding hydrogens is 640 g/mol. The number of hydrazone groups is 1. The van der Waals surface area contributed by atoms with Crippen molar-refractivity contribution in [1.29, 1.82) is 0 Å². The van der Waals surface area contributed by atoms with Crippen molar-refractivity contribution in [3.8, 4) is 17.2 Å². The van der Waals surface area contributed by atoms with Crippen LogP contribution in [0.1, 0.15) is 46.0 Å². The first kappa shape index (κ1) is 32.0. The SMILES string of the molecule is CCOc1ccc(-n2c(CNC(=O)c3cccs3)nnc2SCC(=O)N2N=C(c3ccc(OC)cc3)CC2c2ccc(F)cc2)cc1. The van der Waals surface area contributed by atoms with Crippen LogP contribution in [0.4, 0.5) is 4.39 Å². The first-order valence-corrected chi connectivity index (χ1v) is 16.7. The van der Waals surface area contributed by atoms with Gasteiger partial charge < -0.3 is 14.8 Å². The van der Waals surface area contributed by atoms with Crippen LogP contribution in [-0.4, -0.2) is 56.8 Å². The molecule has 13 heteroatoms. The Morgan fingerprint density at radius 3 is 2.43 bits per heavy atom. The quantitative estimate of drug-likeness (QED) is 0.156. The van der Waals surface area contributed by atoms with E-state index in [1.807, 2.05) is 71.5 Å². The number of nitrogens with zero attached hydrogens (tertiary/aromatic N) is 5. The van der Waals surface area contributed by atoms with E-state index >= 15 is 0 Å². The largest absolute Gasteiger partial charge is 0.497 e. The third-order valence-electron chi connectivity index (χ3n) is 7.43. The van der Waals surface area contributed by atoms with Crippen LogP contribution in [0.25, 0.3) is 5.69 Å². The van der Waals surface area contributed by atoms with Gasteiger partial charge in [-0.2, -0.15) is 5.10 Å². The number of hydrogen-bond acceptors (Lipinski definition) is 9. The summed E-state index contributed by atoms with van der Waals surface area (Å²) in [7, 11) is 1.60. The van der Waals surface area contributed by atoms with E-state index in [1.54, 1.807) is 25.3 Å². The Bertz CT molecular complexity index is 1860. The minimum absolute atomic E-state index is 0.00774. The average molecular weight is 671 g/mol. The summed E-state index contributed by atoms with van der Waals surface area (Å²) in [6.45, 7) is 2.58. The van der Waals surface area contributed by atoms with Crippen molar-refractivity contribution in [3.63, 3.8) is 0 Å². The van der Waals surface area contributed by atoms with Crippen molar-refractivity contribution in [1.82, 2.24) is 25.1 Å². The van der Waals surface area contributed by atoms with Gasteiger partial charge in [-0.25, -0.2) is 9.40 Å². The highest BCUT2D eigenvalue weighted by Gasteiger charge is 2.33. The maximum atomic E-state index is 13.8. The van der Waals surface area contributed by atoms with Crippen LogP contribution in [0.5, 0.6) is 11.5 Å². The molecule has 240 valence electrons. The Kier molecular flexibility index (Phi) is 9.93. The predicted octanol–water partition coefficient (Wildman–Crippen LogP) is 6.28. The van der Waals surface area contributed by atoms with Crippen molar-refractivity contribution in [2.24, 2.45) is 5.10 Å². The summed E-state index contributed by atoms with van der Waals surface area (Å²) in [5.74, 6) is 1.13. The van der Waals surface area contributed by atoms with Crippen molar-refractivity contribution in [2.45, 2.75) is 31.1 Å². The summed E-state index contributed by atoms with van der Waals surface area (Å²) in [4.78, 5) is 27.1. The molecule has 0 aliphatic carbocycles. The van der Waals surface area contributed by atoms with Crippen LogP contribution in [0.2, 0.25) is 0 Å². The number of ether oxygens (including phenoxy) is 2. The standard InChI is InChI=1S/C34H31FN6O4S2/c1-3-45-27-16-12-25(13-17-27)40-31(20-36-33(43)30-5-4-18-46-30)37-38-34(40)47-21-32(42)41-29(23-6-10-24(35)11-7-23)19-28(39-41)22-8-14-26(44-2)15-9-22/h4-18,29H,3,19-21H2,1-2H3,(H,36,43). The molecule has 0 fully saturated rings. The molecule has 3 heterocycles. The lowest BCUT2D eigenvalue weighted by Crippen LogP contribution is -2.28. The van der Waals surface area contributed by atoms with Gasteiger partial charge in [0.25, 0.3) is 11.8 Å². The van der Waals surface area contributed by atoms with E-state index in [4.69, 9.17) is 14.6 Å². The number of thiophene rings is 1. The van der Waals surface area contributed by atoms with E-state index in [-0.39, 0.29) is 29.9 Å². The number of carbonyl (C=O) groups excluding carboxylic acids is 2. The fraction of sp³-hybridized carbons (Fsp3) is 0.206. The third kappa shape index (κ3) is 7.36. The van der Waals surface area contributed by atoms with Crippen LogP contribution < -0.4 is 14.8 Å². The number of thioether (sulfide) groups is 1. The van der Waals surface area contributed by atoms with E-state index in [1.165, 1.54) is 40.2 Å². The van der Waals surface area contributed by atoms with Crippen LogP contribution in [-0.2, 0) is 11.3 Å². The van der Waals surface area contributed by atoms with E-state index in [2.05, 4.69) is 15.5 Å². The molecule has 5 aromatic rings. The highest BCUT2D eigenvalue weighted by atomic mass is 32.2. The molecule has 1 unspecified atom stereocenters. The molecule has 1 N–H and O–H groups in total. The minimum Gasteiger partial charge on any atom is -0.497 e. The fourth-order valence-corrected chi connectivity index (χ4v) is 6.58. The molecule has 1 aliphatic rings. The Morgan fingerprint density at radius 2 is 1.74 bits per heavy atom. The van der Waals surface area contributed by atoms with Crippen LogP contribution in [0, 0.1) is 5.82 Å². The molecule has 0 spiro atoms. The van der Waals surface area contributed by atoms with Gasteiger partial charge >= 0.3 is 0 Å².